The van der Waals surface area contributed by atoms with Gasteiger partial charge in [-0.15, -0.1) is 0 Å². The van der Waals surface area contributed by atoms with Gasteiger partial charge in [-0.3, -0.25) is 47.9 Å². The first kappa shape index (κ1) is 56.4. The maximum atomic E-state index is 15.0. The van der Waals surface area contributed by atoms with E-state index in [1.807, 2.05) is 33.8 Å². The number of benzene rings is 1. The van der Waals surface area contributed by atoms with Crippen LogP contribution in [0.2, 0.25) is 0 Å². The standard InChI is InChI=1S/C51H70N16O10/c1-23(2)14-34-47(73)65-40(25(5)6)48(74)63-36-18-30-29-10-9-26(39(24(3)4)41(49(75)62-34)66-44(70)32-11-12-38(68)58-32)15-33(29)59-42(30)67-20-28(57-22-67)17-35(45(71)64-37(50(76)77)16-27-19-54-21-56-27)61-43(69)31(60-46(36)72)8-7-13-55-51(52)53/h9-10,15,19-25,31-32,34-37,39-41,59H,7-8,11-14,16-18H2,1-6H3,(H,54,56)(H,58,68)(H,60,72)(H,61,69)(H,62,75)(H,63,74)(H,64,71)(H,65,73)(H,66,70)(H,76,77)(H4,52,53,55)/t31-,32-,34-,35?,36-,37-,39+,40-,41-/m0/s1. The number of aliphatic imine (C=N–C) groups is 1. The molecule has 26 heteroatoms. The zero-order valence-electron chi connectivity index (χ0n) is 43.9. The number of aliphatic carboxylic acids is 1. The van der Waals surface area contributed by atoms with E-state index in [4.69, 9.17) is 11.5 Å². The number of aromatic amines is 2. The number of carboxylic acids is 1. The van der Waals surface area contributed by atoms with Crippen LogP contribution in [0.3, 0.4) is 0 Å². The zero-order valence-corrected chi connectivity index (χ0v) is 43.9. The minimum atomic E-state index is -1.45. The molecule has 4 aliphatic rings. The van der Waals surface area contributed by atoms with E-state index in [0.717, 1.165) is 0 Å². The second kappa shape index (κ2) is 24.6. The number of rotatable bonds is 15. The second-order valence-corrected chi connectivity index (χ2v) is 21.1. The maximum absolute atomic E-state index is 15.0. The third kappa shape index (κ3) is 13.9. The molecule has 0 aliphatic carbocycles. The summed E-state index contributed by atoms with van der Waals surface area (Å²) in [7, 11) is 0. The first-order valence-corrected chi connectivity index (χ1v) is 25.9. The summed E-state index contributed by atoms with van der Waals surface area (Å²) in [6.07, 6.45) is 5.80. The van der Waals surface area contributed by atoms with Crippen molar-refractivity contribution in [1.29, 1.82) is 0 Å². The lowest BCUT2D eigenvalue weighted by Crippen LogP contribution is -2.62. The van der Waals surface area contributed by atoms with Gasteiger partial charge in [0.2, 0.25) is 47.3 Å². The molecule has 1 saturated heterocycles. The van der Waals surface area contributed by atoms with Crippen molar-refractivity contribution in [2.24, 2.45) is 34.2 Å². The third-order valence-electron chi connectivity index (χ3n) is 14.0. The number of nitrogens with one attached hydrogen (secondary N) is 10. The van der Waals surface area contributed by atoms with E-state index in [2.05, 4.69) is 67.5 Å². The molecule has 7 bridgehead atoms. The van der Waals surface area contributed by atoms with Gasteiger partial charge in [-0.1, -0.05) is 53.7 Å². The van der Waals surface area contributed by atoms with Gasteiger partial charge in [-0.05, 0) is 55.1 Å². The summed E-state index contributed by atoms with van der Waals surface area (Å²) in [5, 5.41) is 33.0. The van der Waals surface area contributed by atoms with Gasteiger partial charge >= 0.3 is 5.97 Å². The Hall–Kier alpha value is -8.32. The lowest BCUT2D eigenvalue weighted by molar-refractivity contribution is -0.142. The van der Waals surface area contributed by atoms with Crippen LogP contribution in [0.1, 0.15) is 102 Å². The van der Waals surface area contributed by atoms with Crippen molar-refractivity contribution in [3.05, 3.63) is 65.8 Å². The molecule has 26 nitrogen and oxygen atoms in total. The number of carbonyl (C=O) groups is 9. The van der Waals surface area contributed by atoms with E-state index in [-0.39, 0.29) is 87.3 Å². The Morgan fingerprint density at radius 2 is 1.58 bits per heavy atom. The Kier molecular flexibility index (Phi) is 18.0. The summed E-state index contributed by atoms with van der Waals surface area (Å²) < 4.78 is 1.62. The quantitative estimate of drug-likeness (QED) is 0.0285. The Morgan fingerprint density at radius 3 is 2.23 bits per heavy atom. The van der Waals surface area contributed by atoms with Crippen molar-refractivity contribution >= 4 is 70.1 Å². The largest absolute Gasteiger partial charge is 0.480 e. The van der Waals surface area contributed by atoms with E-state index < -0.39 is 107 Å². The monoisotopic (exact) mass is 1070 g/mol. The Balaban J connectivity index is 1.39. The van der Waals surface area contributed by atoms with E-state index in [0.29, 0.717) is 33.5 Å². The highest BCUT2D eigenvalue weighted by atomic mass is 16.4. The number of carboxylic acid groups (broad SMARTS) is 1. The van der Waals surface area contributed by atoms with E-state index >= 15 is 4.79 Å². The topological polar surface area (TPSA) is 397 Å². The van der Waals surface area contributed by atoms with Gasteiger partial charge in [0.1, 0.15) is 60.5 Å². The number of aromatic nitrogens is 5. The van der Waals surface area contributed by atoms with Crippen molar-refractivity contribution in [3.63, 3.8) is 0 Å². The summed E-state index contributed by atoms with van der Waals surface area (Å²) in [4.78, 5) is 146. The van der Waals surface area contributed by atoms with Gasteiger partial charge in [0.25, 0.3) is 0 Å². The van der Waals surface area contributed by atoms with Crippen molar-refractivity contribution < 1.29 is 48.3 Å². The van der Waals surface area contributed by atoms with Crippen LogP contribution in [-0.2, 0) is 62.4 Å². The Bertz CT molecular complexity index is 2890. The van der Waals surface area contributed by atoms with Gasteiger partial charge in [0, 0.05) is 72.7 Å². The fraction of sp³-hybridized carbons (Fsp3) is 0.529. The van der Waals surface area contributed by atoms with E-state index in [9.17, 15) is 43.5 Å². The zero-order chi connectivity index (χ0) is 55.8. The summed E-state index contributed by atoms with van der Waals surface area (Å²) in [6.45, 7) is 10.9. The Labute approximate surface area is 443 Å². The highest BCUT2D eigenvalue weighted by molar-refractivity contribution is 5.99. The molecular formula is C51H70N16O10. The van der Waals surface area contributed by atoms with Crippen LogP contribution < -0.4 is 54.0 Å². The molecule has 414 valence electrons. The number of hydrogen-bond acceptors (Lipinski definition) is 12. The van der Waals surface area contributed by atoms with Crippen molar-refractivity contribution in [2.45, 2.75) is 147 Å². The predicted molar refractivity (Wildman–Crippen MR) is 279 cm³/mol. The SMILES string of the molecule is CC(C)C[C@@H]1NC(=O)[C@@H](NC(=O)[C@@H]2CCC(=O)N2)[C@H](C(C)C)c2ccc3c4c([nH]c3c2)-n2cnc(c2)CC(C(=O)N[C@@H](Cc2cnc[nH]2)C(=O)O)NC(=O)[C@H](CCCN=C(N)N)NC(=O)[C@H](C4)NC(=O)[C@H](C(C)C)NC1=O. The van der Waals surface area contributed by atoms with E-state index in [1.165, 1.54) is 18.9 Å². The molecule has 1 unspecified atom stereocenters. The molecule has 8 amide bonds. The van der Waals surface area contributed by atoms with E-state index in [1.54, 1.807) is 36.7 Å². The van der Waals surface area contributed by atoms with Gasteiger partial charge in [-0.25, -0.2) is 14.8 Å². The molecule has 77 heavy (non-hydrogen) atoms. The van der Waals surface area contributed by atoms with Gasteiger partial charge in [0.05, 0.1) is 12.0 Å². The average Bonchev–Trinajstić information content (AvgIpc) is 4.23. The van der Waals surface area contributed by atoms with Crippen LogP contribution >= 0.6 is 0 Å². The van der Waals surface area contributed by atoms with Crippen LogP contribution in [0.15, 0.2) is 48.2 Å². The predicted octanol–water partition coefficient (Wildman–Crippen LogP) is -1.32. The summed E-state index contributed by atoms with van der Waals surface area (Å²) in [6, 6.07) is -4.98. The number of imidazole rings is 2. The van der Waals surface area contributed by atoms with Gasteiger partial charge in [0.15, 0.2) is 5.96 Å². The van der Waals surface area contributed by atoms with Crippen molar-refractivity contribution in [1.82, 2.24) is 67.0 Å². The van der Waals surface area contributed by atoms with Gasteiger partial charge in [-0.2, -0.15) is 0 Å². The molecular weight excluding hydrogens is 997 g/mol. The van der Waals surface area contributed by atoms with Crippen LogP contribution in [0.4, 0.5) is 0 Å². The third-order valence-corrected chi connectivity index (χ3v) is 14.0. The van der Waals surface area contributed by atoms with Gasteiger partial charge < -0.3 is 69.1 Å². The Morgan fingerprint density at radius 1 is 0.844 bits per heavy atom. The van der Waals surface area contributed by atoms with Crippen LogP contribution in [0.25, 0.3) is 16.7 Å². The number of fused-ring (bicyclic) bond motifs is 13. The maximum Gasteiger partial charge on any atom is 0.326 e. The number of nitrogens with two attached hydrogens (primary N) is 2. The smallest absolute Gasteiger partial charge is 0.326 e. The summed E-state index contributed by atoms with van der Waals surface area (Å²) >= 11 is 0. The van der Waals surface area contributed by atoms with Crippen molar-refractivity contribution in [2.75, 3.05) is 6.54 Å². The lowest BCUT2D eigenvalue weighted by atomic mass is 9.81. The number of H-pyrrole nitrogens is 2. The number of hydrogen-bond donors (Lipinski definition) is 13. The molecule has 1 fully saturated rings. The molecule has 9 atom stereocenters. The minimum Gasteiger partial charge on any atom is -0.480 e. The number of amides is 8. The number of carbonyl (C=O) groups excluding carboxylic acids is 8. The molecule has 0 radical (unpaired) electrons. The van der Waals surface area contributed by atoms with Crippen molar-refractivity contribution in [3.8, 4) is 5.82 Å². The molecule has 8 rings (SSSR count). The van der Waals surface area contributed by atoms with Crippen LogP contribution in [-0.4, -0.2) is 144 Å². The average molecular weight is 1070 g/mol. The molecule has 4 aliphatic heterocycles. The minimum absolute atomic E-state index is 0.0512. The molecule has 0 saturated carbocycles. The molecule has 3 aromatic heterocycles. The normalized spacial score (nSPS) is 23.9. The number of guanidine groups is 1. The highest BCUT2D eigenvalue weighted by Crippen LogP contribution is 2.35. The highest BCUT2D eigenvalue weighted by Gasteiger charge is 2.41. The fourth-order valence-electron chi connectivity index (χ4n) is 10.1. The number of nitrogens with zero attached hydrogens (tertiary/aromatic N) is 4. The molecule has 7 heterocycles. The van der Waals surface area contributed by atoms with Crippen LogP contribution in [0.5, 0.6) is 0 Å². The lowest BCUT2D eigenvalue weighted by Gasteiger charge is -2.33. The summed E-state index contributed by atoms with van der Waals surface area (Å²) in [5.41, 5.74) is 13.5. The molecule has 1 aromatic carbocycles. The molecule has 0 spiro atoms. The summed E-state index contributed by atoms with van der Waals surface area (Å²) in [5.74, 6) is -8.50. The molecule has 4 aromatic rings. The molecule has 15 N–H and O–H groups in total. The first-order chi connectivity index (χ1) is 36.6. The fourth-order valence-corrected chi connectivity index (χ4v) is 10.1. The first-order valence-electron chi connectivity index (χ1n) is 25.9. The van der Waals surface area contributed by atoms with Crippen LogP contribution in [0, 0.1) is 17.8 Å². The second-order valence-electron chi connectivity index (χ2n) is 21.1.